The van der Waals surface area contributed by atoms with Gasteiger partial charge in [-0.15, -0.1) is 0 Å². The fourth-order valence-corrected chi connectivity index (χ4v) is 2.56. The van der Waals surface area contributed by atoms with Crippen molar-refractivity contribution in [2.24, 2.45) is 0 Å². The van der Waals surface area contributed by atoms with Gasteiger partial charge in [0.15, 0.2) is 12.4 Å². The standard InChI is InChI=1S/C17H21NO4/c1-18-16(20)11-22-17(21)9-8-15(19)14-7-6-12-4-2-3-5-13(12)10-14/h6-7,10H,2-5,8-9,11H2,1H3,(H,18,20). The van der Waals surface area contributed by atoms with Crippen molar-refractivity contribution in [2.75, 3.05) is 13.7 Å². The number of carbonyl (C=O) groups excluding carboxylic acids is 3. The summed E-state index contributed by atoms with van der Waals surface area (Å²) >= 11 is 0. The van der Waals surface area contributed by atoms with Gasteiger partial charge in [-0.05, 0) is 42.9 Å². The van der Waals surface area contributed by atoms with Gasteiger partial charge in [-0.2, -0.15) is 0 Å². The highest BCUT2D eigenvalue weighted by atomic mass is 16.5. The largest absolute Gasteiger partial charge is 0.456 e. The number of ketones is 1. The average Bonchev–Trinajstić information content (AvgIpc) is 2.56. The van der Waals surface area contributed by atoms with Crippen LogP contribution in [0.1, 0.15) is 47.2 Å². The van der Waals surface area contributed by atoms with Crippen LogP contribution in [0.15, 0.2) is 18.2 Å². The van der Waals surface area contributed by atoms with Crippen LogP contribution in [0.4, 0.5) is 0 Å². The van der Waals surface area contributed by atoms with E-state index in [1.165, 1.54) is 24.6 Å². The third kappa shape index (κ3) is 4.41. The maximum atomic E-state index is 12.1. The van der Waals surface area contributed by atoms with E-state index in [2.05, 4.69) is 5.32 Å². The second-order valence-electron chi connectivity index (χ2n) is 5.45. The molecule has 5 heteroatoms. The highest BCUT2D eigenvalue weighted by Crippen LogP contribution is 2.22. The van der Waals surface area contributed by atoms with Crippen molar-refractivity contribution in [1.29, 1.82) is 0 Å². The third-order valence-electron chi connectivity index (χ3n) is 3.87. The van der Waals surface area contributed by atoms with Crippen LogP contribution in [0.3, 0.4) is 0 Å². The van der Waals surface area contributed by atoms with Crippen LogP contribution < -0.4 is 5.32 Å². The summed E-state index contributed by atoms with van der Waals surface area (Å²) in [4.78, 5) is 34.6. The Bertz CT molecular complexity index is 580. The molecule has 1 aromatic carbocycles. The van der Waals surface area contributed by atoms with Gasteiger partial charge in [0, 0.05) is 19.0 Å². The summed E-state index contributed by atoms with van der Waals surface area (Å²) in [7, 11) is 1.47. The minimum atomic E-state index is -0.532. The molecule has 0 aliphatic heterocycles. The Balaban J connectivity index is 1.84. The van der Waals surface area contributed by atoms with Gasteiger partial charge in [-0.25, -0.2) is 0 Å². The topological polar surface area (TPSA) is 72.5 Å². The molecule has 5 nitrogen and oxygen atoms in total. The number of amides is 1. The second kappa shape index (κ2) is 7.73. The molecule has 0 aromatic heterocycles. The summed E-state index contributed by atoms with van der Waals surface area (Å²) in [6, 6.07) is 5.81. The number of nitrogens with one attached hydrogen (secondary N) is 1. The van der Waals surface area contributed by atoms with Crippen LogP contribution in [0.25, 0.3) is 0 Å². The molecule has 118 valence electrons. The molecule has 1 N–H and O–H groups in total. The molecule has 0 radical (unpaired) electrons. The predicted molar refractivity (Wildman–Crippen MR) is 81.7 cm³/mol. The lowest BCUT2D eigenvalue weighted by Gasteiger charge is -2.16. The monoisotopic (exact) mass is 303 g/mol. The Morgan fingerprint density at radius 2 is 1.82 bits per heavy atom. The minimum Gasteiger partial charge on any atom is -0.456 e. The number of esters is 1. The van der Waals surface area contributed by atoms with E-state index in [1.54, 1.807) is 0 Å². The number of Topliss-reactive ketones (excluding diaryl/α,β-unsaturated/α-hetero) is 1. The summed E-state index contributed by atoms with van der Waals surface area (Å²) in [5.74, 6) is -0.963. The molecule has 1 aliphatic carbocycles. The fourth-order valence-electron chi connectivity index (χ4n) is 2.56. The van der Waals surface area contributed by atoms with Gasteiger partial charge in [0.2, 0.25) is 0 Å². The summed E-state index contributed by atoms with van der Waals surface area (Å²) in [5, 5.41) is 2.36. The first-order chi connectivity index (χ1) is 10.6. The Labute approximate surface area is 130 Å². The molecule has 0 fully saturated rings. The Morgan fingerprint density at radius 1 is 1.09 bits per heavy atom. The number of aryl methyl sites for hydroxylation is 2. The Hall–Kier alpha value is -2.17. The minimum absolute atomic E-state index is 0.00703. The number of hydrogen-bond acceptors (Lipinski definition) is 4. The summed E-state index contributed by atoms with van der Waals surface area (Å²) in [6.07, 6.45) is 4.56. The molecule has 0 atom stereocenters. The summed E-state index contributed by atoms with van der Waals surface area (Å²) in [5.41, 5.74) is 3.23. The van der Waals surface area contributed by atoms with Crippen LogP contribution in [0, 0.1) is 0 Å². The van der Waals surface area contributed by atoms with Gasteiger partial charge in [0.05, 0.1) is 6.42 Å². The van der Waals surface area contributed by atoms with Gasteiger partial charge in [0.25, 0.3) is 5.91 Å². The molecule has 2 rings (SSSR count). The third-order valence-corrected chi connectivity index (χ3v) is 3.87. The second-order valence-corrected chi connectivity index (χ2v) is 5.45. The maximum absolute atomic E-state index is 12.1. The highest BCUT2D eigenvalue weighted by Gasteiger charge is 2.14. The quantitative estimate of drug-likeness (QED) is 0.642. The number of ether oxygens (including phenoxy) is 1. The molecule has 0 heterocycles. The van der Waals surface area contributed by atoms with Crippen LogP contribution in [0.2, 0.25) is 0 Å². The Kier molecular flexibility index (Phi) is 5.69. The summed E-state index contributed by atoms with van der Waals surface area (Å²) in [6.45, 7) is -0.303. The fraction of sp³-hybridized carbons (Fsp3) is 0.471. The number of carbonyl (C=O) groups is 3. The normalized spacial score (nSPS) is 13.1. The zero-order valence-corrected chi connectivity index (χ0v) is 12.8. The van der Waals surface area contributed by atoms with E-state index < -0.39 is 5.97 Å². The Morgan fingerprint density at radius 3 is 2.55 bits per heavy atom. The van der Waals surface area contributed by atoms with Crippen molar-refractivity contribution in [2.45, 2.75) is 38.5 Å². The zero-order valence-electron chi connectivity index (χ0n) is 12.8. The van der Waals surface area contributed by atoms with E-state index in [0.29, 0.717) is 5.56 Å². The molecule has 1 amide bonds. The van der Waals surface area contributed by atoms with Crippen LogP contribution >= 0.6 is 0 Å². The predicted octanol–water partition coefficient (Wildman–Crippen LogP) is 1.82. The van der Waals surface area contributed by atoms with E-state index in [1.807, 2.05) is 18.2 Å². The molecular formula is C17H21NO4. The number of benzene rings is 1. The van der Waals surface area contributed by atoms with Gasteiger partial charge >= 0.3 is 5.97 Å². The van der Waals surface area contributed by atoms with Crippen molar-refractivity contribution in [1.82, 2.24) is 5.32 Å². The van der Waals surface area contributed by atoms with Crippen molar-refractivity contribution in [3.63, 3.8) is 0 Å². The highest BCUT2D eigenvalue weighted by molar-refractivity contribution is 5.97. The van der Waals surface area contributed by atoms with E-state index in [4.69, 9.17) is 4.74 Å². The molecule has 1 aromatic rings. The van der Waals surface area contributed by atoms with Crippen LogP contribution in [0.5, 0.6) is 0 Å². The van der Waals surface area contributed by atoms with Crippen LogP contribution in [-0.4, -0.2) is 31.3 Å². The smallest absolute Gasteiger partial charge is 0.306 e. The van der Waals surface area contributed by atoms with Gasteiger partial charge in [-0.3, -0.25) is 14.4 Å². The molecule has 0 bridgehead atoms. The van der Waals surface area contributed by atoms with Crippen molar-refractivity contribution >= 4 is 17.7 Å². The average molecular weight is 303 g/mol. The molecule has 0 spiro atoms. The first-order valence-electron chi connectivity index (χ1n) is 7.61. The van der Waals surface area contributed by atoms with Crippen molar-refractivity contribution in [3.8, 4) is 0 Å². The molecule has 0 saturated heterocycles. The first-order valence-corrected chi connectivity index (χ1v) is 7.61. The van der Waals surface area contributed by atoms with Crippen molar-refractivity contribution in [3.05, 3.63) is 34.9 Å². The van der Waals surface area contributed by atoms with Crippen LogP contribution in [-0.2, 0) is 27.2 Å². The lowest BCUT2D eigenvalue weighted by Crippen LogP contribution is -2.25. The maximum Gasteiger partial charge on any atom is 0.306 e. The lowest BCUT2D eigenvalue weighted by atomic mass is 9.89. The SMILES string of the molecule is CNC(=O)COC(=O)CCC(=O)c1ccc2c(c1)CCCC2. The van der Waals surface area contributed by atoms with E-state index in [-0.39, 0.29) is 31.1 Å². The number of hydrogen-bond donors (Lipinski definition) is 1. The van der Waals surface area contributed by atoms with E-state index >= 15 is 0 Å². The molecule has 0 saturated carbocycles. The van der Waals surface area contributed by atoms with Gasteiger partial charge in [-0.1, -0.05) is 12.1 Å². The molecule has 1 aliphatic rings. The number of fused-ring (bicyclic) bond motifs is 1. The molecule has 22 heavy (non-hydrogen) atoms. The van der Waals surface area contributed by atoms with Crippen molar-refractivity contribution < 1.29 is 19.1 Å². The first kappa shape index (κ1) is 16.2. The number of likely N-dealkylation sites (N-methyl/N-ethyl adjacent to an activating group) is 1. The number of rotatable bonds is 6. The zero-order chi connectivity index (χ0) is 15.9. The lowest BCUT2D eigenvalue weighted by molar-refractivity contribution is -0.148. The van der Waals surface area contributed by atoms with E-state index in [9.17, 15) is 14.4 Å². The molecular weight excluding hydrogens is 282 g/mol. The summed E-state index contributed by atoms with van der Waals surface area (Å²) < 4.78 is 4.77. The van der Waals surface area contributed by atoms with Gasteiger partial charge < -0.3 is 10.1 Å². The van der Waals surface area contributed by atoms with E-state index in [0.717, 1.165) is 19.3 Å². The molecule has 0 unspecified atom stereocenters. The van der Waals surface area contributed by atoms with Gasteiger partial charge in [0.1, 0.15) is 0 Å².